The molecule has 0 aliphatic rings. The highest BCUT2D eigenvalue weighted by molar-refractivity contribution is 7.91. The summed E-state index contributed by atoms with van der Waals surface area (Å²) in [6.07, 6.45) is 4.42. The zero-order chi connectivity index (χ0) is 19.0. The number of benzene rings is 1. The van der Waals surface area contributed by atoms with Gasteiger partial charge in [0.25, 0.3) is 5.56 Å². The molecule has 0 spiro atoms. The second-order valence-electron chi connectivity index (χ2n) is 6.01. The number of aryl methyl sites for hydroxylation is 1. The van der Waals surface area contributed by atoms with Crippen molar-refractivity contribution in [3.8, 4) is 0 Å². The molecule has 27 heavy (non-hydrogen) atoms. The summed E-state index contributed by atoms with van der Waals surface area (Å²) in [7, 11) is -1.92. The van der Waals surface area contributed by atoms with Gasteiger partial charge in [-0.1, -0.05) is 18.2 Å². The third-order valence-electron chi connectivity index (χ3n) is 4.11. The smallest absolute Gasteiger partial charge is 0.275 e. The molecular formula is C18H15N5O3S. The molecule has 0 bridgehead atoms. The molecule has 3 heterocycles. The van der Waals surface area contributed by atoms with Gasteiger partial charge in [0.15, 0.2) is 0 Å². The van der Waals surface area contributed by atoms with Crippen LogP contribution in [-0.4, -0.2) is 33.0 Å². The fourth-order valence-corrected chi connectivity index (χ4v) is 4.00. The normalized spacial score (nSPS) is 11.7. The number of sulfone groups is 1. The van der Waals surface area contributed by atoms with Crippen LogP contribution in [0.5, 0.6) is 0 Å². The molecule has 0 saturated heterocycles. The van der Waals surface area contributed by atoms with E-state index in [1.165, 1.54) is 35.3 Å². The number of hydrogen-bond acceptors (Lipinski definition) is 6. The number of rotatable bonds is 4. The first-order valence-electron chi connectivity index (χ1n) is 8.10. The minimum Gasteiger partial charge on any atom is -0.275 e. The van der Waals surface area contributed by atoms with Crippen molar-refractivity contribution in [2.75, 3.05) is 0 Å². The zero-order valence-corrected chi connectivity index (χ0v) is 15.2. The van der Waals surface area contributed by atoms with Crippen molar-refractivity contribution in [3.05, 3.63) is 77.1 Å². The Hall–Kier alpha value is -3.33. The Bertz CT molecular complexity index is 1290. The average molecular weight is 381 g/mol. The lowest BCUT2D eigenvalue weighted by Crippen LogP contribution is -2.24. The molecule has 0 amide bonds. The van der Waals surface area contributed by atoms with E-state index >= 15 is 0 Å². The van der Waals surface area contributed by atoms with Gasteiger partial charge in [0.05, 0.1) is 28.2 Å². The molecule has 0 atom stereocenters. The summed E-state index contributed by atoms with van der Waals surface area (Å²) < 4.78 is 28.3. The van der Waals surface area contributed by atoms with Crippen molar-refractivity contribution in [1.82, 2.24) is 24.5 Å². The van der Waals surface area contributed by atoms with Crippen molar-refractivity contribution in [3.63, 3.8) is 0 Å². The zero-order valence-electron chi connectivity index (χ0n) is 14.3. The number of nitrogens with zero attached hydrogens (tertiary/aromatic N) is 5. The van der Waals surface area contributed by atoms with Crippen LogP contribution in [0.25, 0.3) is 10.9 Å². The molecule has 3 aromatic heterocycles. The van der Waals surface area contributed by atoms with E-state index in [0.29, 0.717) is 11.1 Å². The van der Waals surface area contributed by atoms with Gasteiger partial charge >= 0.3 is 0 Å². The minimum absolute atomic E-state index is 0.0184. The van der Waals surface area contributed by atoms with Gasteiger partial charge in [0.2, 0.25) is 9.84 Å². The molecule has 4 aromatic rings. The first-order chi connectivity index (χ1) is 12.9. The summed E-state index contributed by atoms with van der Waals surface area (Å²) in [6, 6.07) is 11.3. The van der Waals surface area contributed by atoms with E-state index in [1.54, 1.807) is 42.2 Å². The van der Waals surface area contributed by atoms with E-state index < -0.39 is 15.4 Å². The SMILES string of the molecule is Cn1ccc(Cn2ncc3cc(S(=O)(=O)c4ccccc4)cnc3c2=O)n1. The third kappa shape index (κ3) is 3.13. The first-order valence-corrected chi connectivity index (χ1v) is 9.58. The highest BCUT2D eigenvalue weighted by Crippen LogP contribution is 2.21. The average Bonchev–Trinajstić information content (AvgIpc) is 3.09. The number of fused-ring (bicyclic) bond motifs is 1. The Morgan fingerprint density at radius 1 is 1.04 bits per heavy atom. The topological polar surface area (TPSA) is 99.7 Å². The van der Waals surface area contributed by atoms with Gasteiger partial charge in [-0.2, -0.15) is 10.2 Å². The van der Waals surface area contributed by atoms with E-state index in [0.717, 1.165) is 0 Å². The van der Waals surface area contributed by atoms with Gasteiger partial charge in [0, 0.05) is 24.8 Å². The van der Waals surface area contributed by atoms with E-state index in [2.05, 4.69) is 15.2 Å². The third-order valence-corrected chi connectivity index (χ3v) is 5.85. The maximum absolute atomic E-state index is 12.7. The molecule has 0 N–H and O–H groups in total. The molecule has 8 nitrogen and oxygen atoms in total. The van der Waals surface area contributed by atoms with Gasteiger partial charge < -0.3 is 0 Å². The molecular weight excluding hydrogens is 366 g/mol. The molecule has 4 rings (SSSR count). The van der Waals surface area contributed by atoms with Gasteiger partial charge in [-0.15, -0.1) is 0 Å². The standard InChI is InChI=1S/C18H15N5O3S/c1-22-8-7-14(21-22)12-23-18(24)17-13(10-20-23)9-16(11-19-17)27(25,26)15-5-3-2-4-6-15/h2-11H,12H2,1H3. The van der Waals surface area contributed by atoms with E-state index in [1.807, 2.05) is 0 Å². The summed E-state index contributed by atoms with van der Waals surface area (Å²) in [4.78, 5) is 16.9. The second kappa shape index (κ2) is 6.44. The highest BCUT2D eigenvalue weighted by atomic mass is 32.2. The van der Waals surface area contributed by atoms with Crippen LogP contribution in [0, 0.1) is 0 Å². The first kappa shape index (κ1) is 17.1. The number of pyridine rings is 1. The number of hydrogen-bond donors (Lipinski definition) is 0. The molecule has 9 heteroatoms. The second-order valence-corrected chi connectivity index (χ2v) is 7.96. The lowest BCUT2D eigenvalue weighted by atomic mass is 10.3. The summed E-state index contributed by atoms with van der Waals surface area (Å²) in [6.45, 7) is 0.210. The van der Waals surface area contributed by atoms with Crippen LogP contribution in [-0.2, 0) is 23.4 Å². The van der Waals surface area contributed by atoms with E-state index in [9.17, 15) is 13.2 Å². The molecule has 0 saturated carbocycles. The van der Waals surface area contributed by atoms with E-state index in [4.69, 9.17) is 0 Å². The molecule has 0 unspecified atom stereocenters. The Kier molecular flexibility index (Phi) is 4.08. The predicted molar refractivity (Wildman–Crippen MR) is 98.0 cm³/mol. The van der Waals surface area contributed by atoms with Gasteiger partial charge in [0.1, 0.15) is 5.52 Å². The van der Waals surface area contributed by atoms with Crippen molar-refractivity contribution in [2.24, 2.45) is 7.05 Å². The predicted octanol–water partition coefficient (Wildman–Crippen LogP) is 1.41. The maximum atomic E-state index is 12.7. The van der Waals surface area contributed by atoms with Crippen LogP contribution in [0.2, 0.25) is 0 Å². The fraction of sp³-hybridized carbons (Fsp3) is 0.111. The van der Waals surface area contributed by atoms with Gasteiger partial charge in [-0.25, -0.2) is 18.1 Å². The monoisotopic (exact) mass is 381 g/mol. The Labute approximate surface area is 154 Å². The fourth-order valence-electron chi connectivity index (χ4n) is 2.74. The molecule has 0 aliphatic carbocycles. The minimum atomic E-state index is -3.71. The lowest BCUT2D eigenvalue weighted by Gasteiger charge is -2.07. The molecule has 0 aliphatic heterocycles. The summed E-state index contributed by atoms with van der Waals surface area (Å²) in [5.41, 5.74) is 0.449. The van der Waals surface area contributed by atoms with Crippen molar-refractivity contribution in [2.45, 2.75) is 16.3 Å². The largest absolute Gasteiger partial charge is 0.293 e. The summed E-state index contributed by atoms with van der Waals surface area (Å²) in [5.74, 6) is 0. The van der Waals surface area contributed by atoms with Crippen LogP contribution < -0.4 is 5.56 Å². The molecule has 0 radical (unpaired) electrons. The van der Waals surface area contributed by atoms with Crippen molar-refractivity contribution >= 4 is 20.7 Å². The quantitative estimate of drug-likeness (QED) is 0.530. The van der Waals surface area contributed by atoms with Gasteiger partial charge in [-0.3, -0.25) is 9.48 Å². The highest BCUT2D eigenvalue weighted by Gasteiger charge is 2.19. The lowest BCUT2D eigenvalue weighted by molar-refractivity contribution is 0.595. The Morgan fingerprint density at radius 3 is 2.52 bits per heavy atom. The van der Waals surface area contributed by atoms with Crippen LogP contribution in [0.1, 0.15) is 5.69 Å². The van der Waals surface area contributed by atoms with Crippen molar-refractivity contribution in [1.29, 1.82) is 0 Å². The maximum Gasteiger partial charge on any atom is 0.293 e. The number of aromatic nitrogens is 5. The van der Waals surface area contributed by atoms with Crippen LogP contribution in [0.15, 0.2) is 75.6 Å². The molecule has 0 fully saturated rings. The van der Waals surface area contributed by atoms with Crippen LogP contribution >= 0.6 is 0 Å². The molecule has 1 aromatic carbocycles. The Morgan fingerprint density at radius 2 is 1.81 bits per heavy atom. The van der Waals surface area contributed by atoms with Gasteiger partial charge in [-0.05, 0) is 24.3 Å². The molecule has 136 valence electrons. The van der Waals surface area contributed by atoms with Crippen LogP contribution in [0.4, 0.5) is 0 Å². The Balaban J connectivity index is 1.76. The summed E-state index contributed by atoms with van der Waals surface area (Å²) in [5, 5.41) is 8.72. The van der Waals surface area contributed by atoms with Crippen molar-refractivity contribution < 1.29 is 8.42 Å². The summed E-state index contributed by atoms with van der Waals surface area (Å²) >= 11 is 0. The van der Waals surface area contributed by atoms with E-state index in [-0.39, 0.29) is 21.9 Å². The van der Waals surface area contributed by atoms with Crippen LogP contribution in [0.3, 0.4) is 0 Å².